The van der Waals surface area contributed by atoms with Crippen LogP contribution in [-0.2, 0) is 6.54 Å². The SMILES string of the molecule is O=C(O)N1CCC(n2c(=O)[nH]c3ccccc32)CC1CC1CCCN1Cc1ccccc1. The molecular formula is C25H30N4O3. The Balaban J connectivity index is 1.36. The first kappa shape index (κ1) is 20.8. The van der Waals surface area contributed by atoms with Gasteiger partial charge in [0, 0.05) is 31.2 Å². The summed E-state index contributed by atoms with van der Waals surface area (Å²) in [6.07, 6.45) is 3.52. The lowest BCUT2D eigenvalue weighted by Gasteiger charge is -2.40. The van der Waals surface area contributed by atoms with Crippen LogP contribution in [0.5, 0.6) is 0 Å². The molecule has 2 aromatic carbocycles. The normalized spacial score (nSPS) is 24.2. The quantitative estimate of drug-likeness (QED) is 0.634. The number of likely N-dealkylation sites (tertiary alicyclic amines) is 2. The maximum Gasteiger partial charge on any atom is 0.407 e. The van der Waals surface area contributed by atoms with Gasteiger partial charge in [0.1, 0.15) is 0 Å². The summed E-state index contributed by atoms with van der Waals surface area (Å²) in [5, 5.41) is 9.86. The van der Waals surface area contributed by atoms with Gasteiger partial charge in [0.25, 0.3) is 0 Å². The first-order valence-corrected chi connectivity index (χ1v) is 11.6. The number of para-hydroxylation sites is 2. The first-order chi connectivity index (χ1) is 15.6. The Morgan fingerprint density at radius 2 is 1.78 bits per heavy atom. The second-order valence-electron chi connectivity index (χ2n) is 9.11. The highest BCUT2D eigenvalue weighted by molar-refractivity contribution is 5.75. The number of benzene rings is 2. The molecule has 1 amide bonds. The maximum atomic E-state index is 12.7. The second kappa shape index (κ2) is 8.82. The van der Waals surface area contributed by atoms with Crippen LogP contribution in [0, 0.1) is 0 Å². The van der Waals surface area contributed by atoms with E-state index in [1.54, 1.807) is 4.90 Å². The molecule has 0 bridgehead atoms. The van der Waals surface area contributed by atoms with E-state index in [0.29, 0.717) is 25.4 Å². The molecule has 0 saturated carbocycles. The van der Waals surface area contributed by atoms with Crippen LogP contribution in [0.15, 0.2) is 59.4 Å². The third-order valence-electron chi connectivity index (χ3n) is 7.19. The molecule has 3 heterocycles. The van der Waals surface area contributed by atoms with E-state index in [0.717, 1.165) is 43.4 Å². The van der Waals surface area contributed by atoms with Gasteiger partial charge in [-0.1, -0.05) is 42.5 Å². The van der Waals surface area contributed by atoms with E-state index in [1.807, 2.05) is 34.9 Å². The number of carbonyl (C=O) groups is 1. The number of fused-ring (bicyclic) bond motifs is 1. The van der Waals surface area contributed by atoms with Crippen molar-refractivity contribution in [2.24, 2.45) is 0 Å². The summed E-state index contributed by atoms with van der Waals surface area (Å²) in [4.78, 5) is 31.8. The van der Waals surface area contributed by atoms with Gasteiger partial charge in [-0.15, -0.1) is 0 Å². The van der Waals surface area contributed by atoms with Gasteiger partial charge in [-0.3, -0.25) is 9.47 Å². The zero-order chi connectivity index (χ0) is 22.1. The van der Waals surface area contributed by atoms with Crippen molar-refractivity contribution in [1.29, 1.82) is 0 Å². The molecule has 7 heteroatoms. The summed E-state index contributed by atoms with van der Waals surface area (Å²) in [7, 11) is 0. The van der Waals surface area contributed by atoms with Crippen molar-refractivity contribution in [3.63, 3.8) is 0 Å². The third-order valence-corrected chi connectivity index (χ3v) is 7.19. The number of piperidine rings is 1. The van der Waals surface area contributed by atoms with Crippen LogP contribution in [0.1, 0.15) is 43.7 Å². The van der Waals surface area contributed by atoms with Crippen molar-refractivity contribution >= 4 is 17.1 Å². The number of nitrogens with zero attached hydrogens (tertiary/aromatic N) is 3. The molecule has 2 saturated heterocycles. The fraction of sp³-hybridized carbons (Fsp3) is 0.440. The van der Waals surface area contributed by atoms with Crippen LogP contribution in [0.25, 0.3) is 11.0 Å². The average Bonchev–Trinajstić information content (AvgIpc) is 3.37. The lowest BCUT2D eigenvalue weighted by atomic mass is 9.91. The number of carboxylic acid groups (broad SMARTS) is 1. The average molecular weight is 435 g/mol. The van der Waals surface area contributed by atoms with Gasteiger partial charge in [0.05, 0.1) is 11.0 Å². The van der Waals surface area contributed by atoms with Crippen LogP contribution in [0.3, 0.4) is 0 Å². The topological polar surface area (TPSA) is 81.6 Å². The largest absolute Gasteiger partial charge is 0.465 e. The minimum atomic E-state index is -0.854. The van der Waals surface area contributed by atoms with E-state index in [4.69, 9.17) is 0 Å². The van der Waals surface area contributed by atoms with Crippen molar-refractivity contribution in [3.8, 4) is 0 Å². The first-order valence-electron chi connectivity index (χ1n) is 11.6. The fourth-order valence-electron chi connectivity index (χ4n) is 5.68. The van der Waals surface area contributed by atoms with Crippen LogP contribution in [0.4, 0.5) is 4.79 Å². The molecule has 0 aliphatic carbocycles. The number of amides is 1. The van der Waals surface area contributed by atoms with Crippen molar-refractivity contribution in [2.75, 3.05) is 13.1 Å². The molecule has 5 rings (SSSR count). The standard InChI is InChI=1S/C25H30N4O3/c30-24-26-22-10-4-5-11-23(22)29(24)20-12-14-28(25(31)32)21(16-20)15-19-9-6-13-27(19)17-18-7-2-1-3-8-18/h1-5,7-8,10-11,19-21H,6,9,12-17H2,(H,26,30)(H,31,32). The molecule has 1 aromatic heterocycles. The molecule has 2 aliphatic rings. The Morgan fingerprint density at radius 3 is 2.59 bits per heavy atom. The van der Waals surface area contributed by atoms with Gasteiger partial charge in [-0.05, 0) is 56.3 Å². The van der Waals surface area contributed by atoms with E-state index in [2.05, 4.69) is 34.1 Å². The molecule has 0 radical (unpaired) electrons. The van der Waals surface area contributed by atoms with E-state index in [1.165, 1.54) is 5.56 Å². The Morgan fingerprint density at radius 1 is 1.00 bits per heavy atom. The predicted molar refractivity (Wildman–Crippen MR) is 124 cm³/mol. The molecule has 2 aliphatic heterocycles. The lowest BCUT2D eigenvalue weighted by molar-refractivity contribution is 0.0744. The summed E-state index contributed by atoms with van der Waals surface area (Å²) in [5.74, 6) is 0. The molecule has 7 nitrogen and oxygen atoms in total. The summed E-state index contributed by atoms with van der Waals surface area (Å²) in [5.41, 5.74) is 2.92. The lowest BCUT2D eigenvalue weighted by Crippen LogP contribution is -2.49. The molecule has 2 fully saturated rings. The Labute approximate surface area is 187 Å². The van der Waals surface area contributed by atoms with Crippen molar-refractivity contribution < 1.29 is 9.90 Å². The molecule has 3 aromatic rings. The highest BCUT2D eigenvalue weighted by Crippen LogP contribution is 2.34. The third kappa shape index (κ3) is 4.05. The number of hydrogen-bond donors (Lipinski definition) is 2. The van der Waals surface area contributed by atoms with E-state index in [9.17, 15) is 14.7 Å². The number of H-pyrrole nitrogens is 1. The van der Waals surface area contributed by atoms with Crippen LogP contribution >= 0.6 is 0 Å². The summed E-state index contributed by atoms with van der Waals surface area (Å²) in [6, 6.07) is 18.5. The monoisotopic (exact) mass is 434 g/mol. The smallest absolute Gasteiger partial charge is 0.407 e. The van der Waals surface area contributed by atoms with Gasteiger partial charge >= 0.3 is 11.8 Å². The van der Waals surface area contributed by atoms with Crippen LogP contribution in [-0.4, -0.2) is 55.7 Å². The highest BCUT2D eigenvalue weighted by Gasteiger charge is 2.37. The van der Waals surface area contributed by atoms with Crippen LogP contribution in [0.2, 0.25) is 0 Å². The van der Waals surface area contributed by atoms with Gasteiger partial charge in [0.2, 0.25) is 0 Å². The van der Waals surface area contributed by atoms with Gasteiger partial charge in [-0.2, -0.15) is 0 Å². The number of aromatic nitrogens is 2. The van der Waals surface area contributed by atoms with E-state index < -0.39 is 6.09 Å². The van der Waals surface area contributed by atoms with Crippen molar-refractivity contribution in [2.45, 2.75) is 56.8 Å². The Kier molecular flexibility index (Phi) is 5.74. The van der Waals surface area contributed by atoms with Gasteiger partial charge < -0.3 is 15.0 Å². The number of imidazole rings is 1. The van der Waals surface area contributed by atoms with Gasteiger partial charge in [-0.25, -0.2) is 9.59 Å². The Hall–Kier alpha value is -3.06. The van der Waals surface area contributed by atoms with Crippen LogP contribution < -0.4 is 5.69 Å². The predicted octanol–water partition coefficient (Wildman–Crippen LogP) is 4.07. The number of rotatable bonds is 5. The molecule has 3 atom stereocenters. The maximum absolute atomic E-state index is 12.7. The molecule has 32 heavy (non-hydrogen) atoms. The zero-order valence-corrected chi connectivity index (χ0v) is 18.2. The second-order valence-corrected chi connectivity index (χ2v) is 9.11. The molecule has 168 valence electrons. The minimum Gasteiger partial charge on any atom is -0.465 e. The summed E-state index contributed by atoms with van der Waals surface area (Å²) in [6.45, 7) is 2.41. The molecule has 2 N–H and O–H groups in total. The number of nitrogens with one attached hydrogen (secondary N) is 1. The minimum absolute atomic E-state index is 0.00299. The number of aromatic amines is 1. The fourth-order valence-corrected chi connectivity index (χ4v) is 5.68. The van der Waals surface area contributed by atoms with E-state index >= 15 is 0 Å². The van der Waals surface area contributed by atoms with Crippen molar-refractivity contribution in [3.05, 3.63) is 70.6 Å². The number of hydrogen-bond acceptors (Lipinski definition) is 3. The van der Waals surface area contributed by atoms with Crippen molar-refractivity contribution in [1.82, 2.24) is 19.4 Å². The zero-order valence-electron chi connectivity index (χ0n) is 18.2. The molecular weight excluding hydrogens is 404 g/mol. The highest BCUT2D eigenvalue weighted by atomic mass is 16.4. The summed E-state index contributed by atoms with van der Waals surface area (Å²) < 4.78 is 1.85. The Bertz CT molecular complexity index is 1140. The summed E-state index contributed by atoms with van der Waals surface area (Å²) >= 11 is 0. The van der Waals surface area contributed by atoms with Gasteiger partial charge in [0.15, 0.2) is 0 Å². The molecule has 3 unspecified atom stereocenters. The van der Waals surface area contributed by atoms with E-state index in [-0.39, 0.29) is 17.8 Å². The molecule has 0 spiro atoms.